The summed E-state index contributed by atoms with van der Waals surface area (Å²) in [6.45, 7) is 6.93. The lowest BCUT2D eigenvalue weighted by atomic mass is 9.51. The minimum Gasteiger partial charge on any atom is -0.299 e. The quantitative estimate of drug-likeness (QED) is 0.336. The first kappa shape index (κ1) is 22.9. The summed E-state index contributed by atoms with van der Waals surface area (Å²) < 4.78 is 27.2. The minimum atomic E-state index is -3.46. The second-order valence-corrected chi connectivity index (χ2v) is 12.5. The largest absolute Gasteiger partial charge is 0.299 e. The van der Waals surface area contributed by atoms with Crippen molar-refractivity contribution in [1.82, 2.24) is 0 Å². The molecule has 5 nitrogen and oxygen atoms in total. The van der Waals surface area contributed by atoms with Crippen molar-refractivity contribution in [3.8, 4) is 0 Å². The van der Waals surface area contributed by atoms with E-state index in [4.69, 9.17) is 4.18 Å². The van der Waals surface area contributed by atoms with Gasteiger partial charge in [0, 0.05) is 24.2 Å². The molecule has 6 heteroatoms. The van der Waals surface area contributed by atoms with E-state index in [1.54, 1.807) is 0 Å². The molecule has 0 spiro atoms. The van der Waals surface area contributed by atoms with Crippen LogP contribution in [0.4, 0.5) is 0 Å². The Hall–Kier alpha value is -1.27. The number of hydrogen-bond acceptors (Lipinski definition) is 5. The van der Waals surface area contributed by atoms with Crippen LogP contribution in [-0.2, 0) is 23.9 Å². The Morgan fingerprint density at radius 1 is 1.26 bits per heavy atom. The summed E-state index contributed by atoms with van der Waals surface area (Å²) in [6, 6.07) is 0. The molecule has 0 aromatic heterocycles. The van der Waals surface area contributed by atoms with Gasteiger partial charge >= 0.3 is 0 Å². The topological polar surface area (TPSA) is 77.5 Å². The third-order valence-corrected chi connectivity index (χ3v) is 9.48. The number of hydrogen-bond donors (Lipinski definition) is 0. The van der Waals surface area contributed by atoms with Crippen molar-refractivity contribution in [3.05, 3.63) is 23.3 Å². The van der Waals surface area contributed by atoms with Crippen molar-refractivity contribution in [3.63, 3.8) is 0 Å². The smallest absolute Gasteiger partial charge is 0.264 e. The van der Waals surface area contributed by atoms with Crippen LogP contribution in [0, 0.1) is 34.5 Å². The fourth-order valence-corrected chi connectivity index (χ4v) is 7.94. The van der Waals surface area contributed by atoms with Gasteiger partial charge in [0.2, 0.25) is 0 Å². The summed E-state index contributed by atoms with van der Waals surface area (Å²) in [7, 11) is -3.46. The number of Topliss-reactive ketones (excluding diaryl/α,β-unsaturated/α-hetero) is 1. The molecule has 6 atom stereocenters. The Morgan fingerprint density at radius 2 is 2.00 bits per heavy atom. The van der Waals surface area contributed by atoms with E-state index in [0.29, 0.717) is 37.0 Å². The Kier molecular flexibility index (Phi) is 5.87. The summed E-state index contributed by atoms with van der Waals surface area (Å²) in [5.74, 6) is 1.89. The van der Waals surface area contributed by atoms with Gasteiger partial charge in [-0.25, -0.2) is 0 Å². The molecule has 0 radical (unpaired) electrons. The van der Waals surface area contributed by atoms with E-state index in [1.807, 2.05) is 6.08 Å². The highest BCUT2D eigenvalue weighted by Gasteiger charge is 2.59. The first-order chi connectivity index (χ1) is 14.5. The second-order valence-electron chi connectivity index (χ2n) is 10.9. The van der Waals surface area contributed by atoms with Gasteiger partial charge in [0.05, 0.1) is 12.9 Å². The van der Waals surface area contributed by atoms with Crippen LogP contribution in [0.15, 0.2) is 23.3 Å². The Balaban J connectivity index is 1.53. The van der Waals surface area contributed by atoms with Crippen LogP contribution in [0.3, 0.4) is 0 Å². The van der Waals surface area contributed by atoms with E-state index in [1.165, 1.54) is 11.1 Å². The number of rotatable bonds is 6. The molecule has 4 aliphatic rings. The summed E-state index contributed by atoms with van der Waals surface area (Å²) in [6.07, 6.45) is 11.8. The van der Waals surface area contributed by atoms with Crippen molar-refractivity contribution >= 4 is 21.7 Å². The highest BCUT2D eigenvalue weighted by Crippen LogP contribution is 2.65. The average molecular weight is 449 g/mol. The Bertz CT molecular complexity index is 945. The van der Waals surface area contributed by atoms with Crippen molar-refractivity contribution in [2.45, 2.75) is 72.1 Å². The molecule has 0 bridgehead atoms. The van der Waals surface area contributed by atoms with Gasteiger partial charge in [-0.2, -0.15) is 8.42 Å². The minimum absolute atomic E-state index is 0.0196. The highest BCUT2D eigenvalue weighted by atomic mass is 32.2. The third kappa shape index (κ3) is 3.99. The van der Waals surface area contributed by atoms with Crippen molar-refractivity contribution in [2.75, 3.05) is 12.9 Å². The number of allylic oxidation sites excluding steroid dienone is 4. The van der Waals surface area contributed by atoms with Crippen molar-refractivity contribution in [2.24, 2.45) is 34.5 Å². The zero-order valence-corrected chi connectivity index (χ0v) is 20.1. The van der Waals surface area contributed by atoms with E-state index < -0.39 is 10.1 Å². The van der Waals surface area contributed by atoms with Crippen LogP contribution in [0.25, 0.3) is 0 Å². The van der Waals surface area contributed by atoms with E-state index in [9.17, 15) is 18.0 Å². The molecule has 0 N–H and O–H groups in total. The summed E-state index contributed by atoms with van der Waals surface area (Å²) in [5.41, 5.74) is 2.83. The molecule has 0 aromatic rings. The van der Waals surface area contributed by atoms with Crippen LogP contribution >= 0.6 is 0 Å². The van der Waals surface area contributed by atoms with E-state index in [0.717, 1.165) is 38.4 Å². The van der Waals surface area contributed by atoms with Gasteiger partial charge in [-0.05, 0) is 67.8 Å². The van der Waals surface area contributed by atoms with Crippen molar-refractivity contribution in [1.29, 1.82) is 0 Å². The molecule has 4 rings (SSSR count). The maximum absolute atomic E-state index is 13.3. The number of fused-ring (bicyclic) bond motifs is 5. The Morgan fingerprint density at radius 3 is 2.71 bits per heavy atom. The molecule has 0 aromatic carbocycles. The number of carbonyl (C=O) groups excluding carboxylic acids is 2. The van der Waals surface area contributed by atoms with Gasteiger partial charge in [0.1, 0.15) is 5.78 Å². The molecule has 0 aliphatic heterocycles. The maximum atomic E-state index is 13.3. The predicted molar refractivity (Wildman–Crippen MR) is 120 cm³/mol. The lowest BCUT2D eigenvalue weighted by Crippen LogP contribution is -2.45. The molecule has 2 saturated carbocycles. The van der Waals surface area contributed by atoms with Crippen LogP contribution in [0.2, 0.25) is 0 Å². The van der Waals surface area contributed by atoms with Crippen LogP contribution in [0.5, 0.6) is 0 Å². The molecule has 2 fully saturated rings. The highest BCUT2D eigenvalue weighted by molar-refractivity contribution is 7.85. The fourth-order valence-electron chi connectivity index (χ4n) is 7.52. The summed E-state index contributed by atoms with van der Waals surface area (Å²) >= 11 is 0. The lowest BCUT2D eigenvalue weighted by Gasteiger charge is -2.53. The standard InChI is InChI=1S/C25H36O5S/c1-16-14-21-19-8-7-17-15-18(26)9-11-24(17,2)20(19)10-12-25(21,3)23(16)22(27)6-5-13-30-31(4,28)29/h10,15-16,19,21,23H,5-9,11-14H2,1-4H3/t16-,19-,21+,23-,24+,25+/m1/s1. The molecule has 0 saturated heterocycles. The molecule has 0 amide bonds. The van der Waals surface area contributed by atoms with Gasteiger partial charge in [-0.15, -0.1) is 0 Å². The summed E-state index contributed by atoms with van der Waals surface area (Å²) in [5, 5.41) is 0. The normalized spacial score (nSPS) is 39.8. The SMILES string of the molecule is C[C@@H]1C[C@H]2[C@@H]3CCC4=CC(=O)CC[C@]4(C)C3=CC[C@]2(C)[C@H]1C(=O)CCCOS(C)(=O)=O. The maximum Gasteiger partial charge on any atom is 0.264 e. The van der Waals surface area contributed by atoms with E-state index in [2.05, 4.69) is 26.8 Å². The molecule has 4 aliphatic carbocycles. The zero-order valence-electron chi connectivity index (χ0n) is 19.3. The van der Waals surface area contributed by atoms with Gasteiger partial charge in [-0.3, -0.25) is 13.8 Å². The van der Waals surface area contributed by atoms with Crippen LogP contribution in [0.1, 0.15) is 72.1 Å². The van der Waals surface area contributed by atoms with E-state index >= 15 is 0 Å². The van der Waals surface area contributed by atoms with Gasteiger partial charge in [0.15, 0.2) is 5.78 Å². The first-order valence-electron chi connectivity index (χ1n) is 11.8. The molecular weight excluding hydrogens is 412 g/mol. The van der Waals surface area contributed by atoms with Gasteiger partial charge < -0.3 is 0 Å². The van der Waals surface area contributed by atoms with E-state index in [-0.39, 0.29) is 34.9 Å². The lowest BCUT2D eigenvalue weighted by molar-refractivity contribution is -0.128. The molecule has 31 heavy (non-hydrogen) atoms. The molecular formula is C25H36O5S. The van der Waals surface area contributed by atoms with Gasteiger partial charge in [-0.1, -0.05) is 38.0 Å². The summed E-state index contributed by atoms with van der Waals surface area (Å²) in [4.78, 5) is 25.3. The Labute approximate surface area is 186 Å². The number of carbonyl (C=O) groups is 2. The molecule has 0 unspecified atom stereocenters. The van der Waals surface area contributed by atoms with Crippen molar-refractivity contribution < 1.29 is 22.2 Å². The predicted octanol–water partition coefficient (Wildman–Crippen LogP) is 4.63. The molecule has 172 valence electrons. The fraction of sp³-hybridized carbons (Fsp3) is 0.760. The average Bonchev–Trinajstić information content (AvgIpc) is 2.95. The zero-order chi connectivity index (χ0) is 22.6. The van der Waals surface area contributed by atoms with Crippen LogP contribution < -0.4 is 0 Å². The number of ketones is 2. The molecule has 0 heterocycles. The second kappa shape index (κ2) is 7.95. The first-order valence-corrected chi connectivity index (χ1v) is 13.6. The third-order valence-electron chi connectivity index (χ3n) is 8.89. The van der Waals surface area contributed by atoms with Crippen LogP contribution in [-0.4, -0.2) is 32.8 Å². The monoisotopic (exact) mass is 448 g/mol. The van der Waals surface area contributed by atoms with Gasteiger partial charge in [0.25, 0.3) is 10.1 Å².